The van der Waals surface area contributed by atoms with Crippen LogP contribution < -0.4 is 0 Å². The summed E-state index contributed by atoms with van der Waals surface area (Å²) in [7, 11) is 1.59. The number of carboxylic acid groups (broad SMARTS) is 1. The van der Waals surface area contributed by atoms with Crippen LogP contribution in [0.2, 0.25) is 0 Å². The van der Waals surface area contributed by atoms with E-state index in [2.05, 4.69) is 0 Å². The quantitative estimate of drug-likeness (QED) is 0.780. The fourth-order valence-electron chi connectivity index (χ4n) is 2.46. The van der Waals surface area contributed by atoms with Gasteiger partial charge in [-0.1, -0.05) is 6.92 Å². The number of nitrogens with zero attached hydrogens (tertiary/aromatic N) is 1. The molecule has 0 aromatic heterocycles. The summed E-state index contributed by atoms with van der Waals surface area (Å²) in [6.45, 7) is 3.79. The number of hydrogen-bond donors (Lipinski definition) is 1. The molecule has 1 aliphatic heterocycles. The molecule has 0 aliphatic carbocycles. The van der Waals surface area contributed by atoms with Crippen LogP contribution >= 0.6 is 0 Å². The van der Waals surface area contributed by atoms with Crippen molar-refractivity contribution in [2.24, 2.45) is 11.8 Å². The lowest BCUT2D eigenvalue weighted by molar-refractivity contribution is -0.138. The van der Waals surface area contributed by atoms with E-state index in [0.29, 0.717) is 25.5 Å². The van der Waals surface area contributed by atoms with Crippen molar-refractivity contribution in [3.05, 3.63) is 0 Å². The zero-order valence-electron chi connectivity index (χ0n) is 11.2. The molecular weight excluding hydrogens is 234 g/mol. The summed E-state index contributed by atoms with van der Waals surface area (Å²) < 4.78 is 5.00. The van der Waals surface area contributed by atoms with Crippen molar-refractivity contribution in [3.8, 4) is 0 Å². The van der Waals surface area contributed by atoms with Gasteiger partial charge in [0.1, 0.15) is 0 Å². The predicted octanol–water partition coefficient (Wildman–Crippen LogP) is 1.37. The number of ether oxygens (including phenoxy) is 1. The Morgan fingerprint density at radius 1 is 1.50 bits per heavy atom. The first-order chi connectivity index (χ1) is 8.54. The molecule has 18 heavy (non-hydrogen) atoms. The van der Waals surface area contributed by atoms with Crippen LogP contribution in [-0.4, -0.2) is 48.7 Å². The topological polar surface area (TPSA) is 66.8 Å². The minimum atomic E-state index is -0.758. The molecular formula is C13H23NO4. The van der Waals surface area contributed by atoms with Gasteiger partial charge in [-0.15, -0.1) is 0 Å². The summed E-state index contributed by atoms with van der Waals surface area (Å²) in [5, 5.41) is 8.68. The second-order valence-electron chi connectivity index (χ2n) is 5.08. The van der Waals surface area contributed by atoms with E-state index >= 15 is 0 Å². The third-order valence-electron chi connectivity index (χ3n) is 3.44. The van der Waals surface area contributed by atoms with Gasteiger partial charge in [-0.2, -0.15) is 0 Å². The summed E-state index contributed by atoms with van der Waals surface area (Å²) in [4.78, 5) is 24.5. The van der Waals surface area contributed by atoms with Crippen LogP contribution in [0.5, 0.6) is 0 Å². The van der Waals surface area contributed by atoms with Crippen molar-refractivity contribution in [1.82, 2.24) is 4.90 Å². The summed E-state index contributed by atoms with van der Waals surface area (Å²) in [5.74, 6) is -0.426. The van der Waals surface area contributed by atoms with Gasteiger partial charge >= 0.3 is 5.97 Å². The number of carbonyl (C=O) groups excluding carboxylic acids is 1. The molecule has 104 valence electrons. The minimum Gasteiger partial charge on any atom is -0.481 e. The van der Waals surface area contributed by atoms with E-state index < -0.39 is 5.97 Å². The van der Waals surface area contributed by atoms with E-state index in [0.717, 1.165) is 19.4 Å². The fraction of sp³-hybridized carbons (Fsp3) is 0.846. The van der Waals surface area contributed by atoms with Gasteiger partial charge in [0, 0.05) is 26.6 Å². The molecule has 0 unspecified atom stereocenters. The summed E-state index contributed by atoms with van der Waals surface area (Å²) >= 11 is 0. The largest absolute Gasteiger partial charge is 0.481 e. The lowest BCUT2D eigenvalue weighted by Crippen LogP contribution is -2.43. The number of likely N-dealkylation sites (tertiary alicyclic amines) is 1. The van der Waals surface area contributed by atoms with E-state index in [9.17, 15) is 9.59 Å². The Kier molecular flexibility index (Phi) is 6.12. The van der Waals surface area contributed by atoms with Crippen LogP contribution in [0.15, 0.2) is 0 Å². The Labute approximate surface area is 108 Å². The molecule has 1 fully saturated rings. The molecule has 0 bridgehead atoms. The van der Waals surface area contributed by atoms with E-state index in [1.165, 1.54) is 0 Å². The Morgan fingerprint density at radius 2 is 2.22 bits per heavy atom. The molecule has 1 amide bonds. The van der Waals surface area contributed by atoms with E-state index in [-0.39, 0.29) is 18.2 Å². The Morgan fingerprint density at radius 3 is 2.83 bits per heavy atom. The molecule has 0 aromatic carbocycles. The Hall–Kier alpha value is -1.10. The van der Waals surface area contributed by atoms with Crippen LogP contribution in [0.3, 0.4) is 0 Å². The smallest absolute Gasteiger partial charge is 0.303 e. The molecule has 0 spiro atoms. The number of piperidine rings is 1. The lowest BCUT2D eigenvalue weighted by atomic mass is 9.92. The molecule has 1 rings (SSSR count). The predicted molar refractivity (Wildman–Crippen MR) is 67.2 cm³/mol. The number of hydrogen-bond acceptors (Lipinski definition) is 3. The van der Waals surface area contributed by atoms with Crippen molar-refractivity contribution in [2.75, 3.05) is 26.8 Å². The first-order valence-electron chi connectivity index (χ1n) is 6.54. The van der Waals surface area contributed by atoms with Gasteiger partial charge < -0.3 is 14.7 Å². The molecule has 5 nitrogen and oxygen atoms in total. The maximum atomic E-state index is 12.1. The maximum absolute atomic E-state index is 12.1. The number of aliphatic carboxylic acids is 1. The van der Waals surface area contributed by atoms with Crippen molar-refractivity contribution in [3.63, 3.8) is 0 Å². The Bertz CT molecular complexity index is 293. The number of methoxy groups -OCH3 is 1. The van der Waals surface area contributed by atoms with Gasteiger partial charge in [-0.25, -0.2) is 0 Å². The van der Waals surface area contributed by atoms with Gasteiger partial charge in [0.05, 0.1) is 12.5 Å². The minimum absolute atomic E-state index is 0.117. The molecule has 1 N–H and O–H groups in total. The van der Waals surface area contributed by atoms with E-state index in [1.54, 1.807) is 7.11 Å². The van der Waals surface area contributed by atoms with Crippen LogP contribution in [0.1, 0.15) is 32.6 Å². The maximum Gasteiger partial charge on any atom is 0.303 e. The molecule has 2 atom stereocenters. The van der Waals surface area contributed by atoms with Gasteiger partial charge in [-0.3, -0.25) is 9.59 Å². The van der Waals surface area contributed by atoms with Crippen LogP contribution in [0.25, 0.3) is 0 Å². The van der Waals surface area contributed by atoms with E-state index in [4.69, 9.17) is 9.84 Å². The highest BCUT2D eigenvalue weighted by molar-refractivity contribution is 5.78. The number of carboxylic acids is 1. The lowest BCUT2D eigenvalue weighted by Gasteiger charge is -2.34. The molecule has 1 aliphatic rings. The van der Waals surface area contributed by atoms with Crippen molar-refractivity contribution in [2.45, 2.75) is 32.6 Å². The van der Waals surface area contributed by atoms with E-state index in [1.807, 2.05) is 11.8 Å². The van der Waals surface area contributed by atoms with Gasteiger partial charge in [-0.05, 0) is 25.2 Å². The van der Waals surface area contributed by atoms with Gasteiger partial charge in [0.25, 0.3) is 0 Å². The Balaban J connectivity index is 2.42. The zero-order chi connectivity index (χ0) is 13.5. The third kappa shape index (κ3) is 4.64. The first-order valence-corrected chi connectivity index (χ1v) is 6.54. The van der Waals surface area contributed by atoms with Gasteiger partial charge in [0.15, 0.2) is 0 Å². The number of carbonyl (C=O) groups is 2. The summed E-state index contributed by atoms with van der Waals surface area (Å²) in [6, 6.07) is 0. The molecule has 1 saturated heterocycles. The zero-order valence-corrected chi connectivity index (χ0v) is 11.2. The summed E-state index contributed by atoms with van der Waals surface area (Å²) in [5.41, 5.74) is 0. The highest BCUT2D eigenvalue weighted by atomic mass is 16.5. The SMILES string of the molecule is COC[C@H](C)C(=O)N1CCC[C@@H](CCC(=O)O)C1. The van der Waals surface area contributed by atoms with Crippen molar-refractivity contribution >= 4 is 11.9 Å². The molecule has 5 heteroatoms. The standard InChI is InChI=1S/C13H23NO4/c1-10(9-18-2)13(17)14-7-3-4-11(8-14)5-6-12(15)16/h10-11H,3-9H2,1-2H3,(H,15,16)/t10-,11-/m0/s1. The van der Waals surface area contributed by atoms with Crippen LogP contribution in [-0.2, 0) is 14.3 Å². The first kappa shape index (κ1) is 15.0. The number of rotatable bonds is 6. The normalized spacial score (nSPS) is 21.7. The number of amides is 1. The molecule has 0 saturated carbocycles. The van der Waals surface area contributed by atoms with Crippen LogP contribution in [0, 0.1) is 11.8 Å². The van der Waals surface area contributed by atoms with Crippen molar-refractivity contribution < 1.29 is 19.4 Å². The molecule has 0 radical (unpaired) electrons. The second-order valence-corrected chi connectivity index (χ2v) is 5.08. The second kappa shape index (κ2) is 7.36. The summed E-state index contributed by atoms with van der Waals surface area (Å²) in [6.07, 6.45) is 2.85. The molecule has 1 heterocycles. The average molecular weight is 257 g/mol. The average Bonchev–Trinajstić information content (AvgIpc) is 2.36. The van der Waals surface area contributed by atoms with Gasteiger partial charge in [0.2, 0.25) is 5.91 Å². The molecule has 0 aromatic rings. The monoisotopic (exact) mass is 257 g/mol. The van der Waals surface area contributed by atoms with Crippen molar-refractivity contribution in [1.29, 1.82) is 0 Å². The fourth-order valence-corrected chi connectivity index (χ4v) is 2.46. The third-order valence-corrected chi connectivity index (χ3v) is 3.44. The highest BCUT2D eigenvalue weighted by Gasteiger charge is 2.26. The highest BCUT2D eigenvalue weighted by Crippen LogP contribution is 2.22. The van der Waals surface area contributed by atoms with Crippen LogP contribution in [0.4, 0.5) is 0 Å².